The second-order valence-electron chi connectivity index (χ2n) is 6.16. The fourth-order valence-corrected chi connectivity index (χ4v) is 2.81. The van der Waals surface area contributed by atoms with Gasteiger partial charge in [0, 0.05) is 23.9 Å². The smallest absolute Gasteiger partial charge is 0.224 e. The van der Waals surface area contributed by atoms with Crippen LogP contribution < -0.4 is 14.8 Å². The van der Waals surface area contributed by atoms with E-state index < -0.39 is 0 Å². The van der Waals surface area contributed by atoms with Crippen molar-refractivity contribution in [1.82, 2.24) is 15.1 Å². The summed E-state index contributed by atoms with van der Waals surface area (Å²) in [5, 5.41) is 7.28. The van der Waals surface area contributed by atoms with Crippen LogP contribution in [0.5, 0.6) is 11.5 Å². The van der Waals surface area contributed by atoms with E-state index in [-0.39, 0.29) is 12.3 Å². The van der Waals surface area contributed by atoms with Gasteiger partial charge < -0.3 is 14.8 Å². The molecule has 1 N–H and O–H groups in total. The normalized spacial score (nSPS) is 10.4. The lowest BCUT2D eigenvalue weighted by Crippen LogP contribution is -2.24. The molecule has 0 atom stereocenters. The van der Waals surface area contributed by atoms with Crippen LogP contribution in [0.4, 0.5) is 0 Å². The van der Waals surface area contributed by atoms with E-state index in [2.05, 4.69) is 22.5 Å². The molecule has 3 rings (SSSR count). The van der Waals surface area contributed by atoms with E-state index in [0.717, 1.165) is 11.1 Å². The lowest BCUT2D eigenvalue weighted by atomic mass is 10.1. The van der Waals surface area contributed by atoms with Gasteiger partial charge in [0.2, 0.25) is 5.91 Å². The zero-order valence-corrected chi connectivity index (χ0v) is 15.5. The summed E-state index contributed by atoms with van der Waals surface area (Å²) in [6.45, 7) is 1.13. The van der Waals surface area contributed by atoms with Crippen molar-refractivity contribution < 1.29 is 14.3 Å². The number of aromatic nitrogens is 2. The maximum atomic E-state index is 12.3. The van der Waals surface area contributed by atoms with Gasteiger partial charge in [0.15, 0.2) is 0 Å². The van der Waals surface area contributed by atoms with Crippen LogP contribution in [0.1, 0.15) is 16.7 Å². The Bertz CT molecular complexity index is 891. The SMILES string of the molecule is COc1ccc(OC)c(CC(=O)NCc2cnn(Cc3ccccc3)c2)c1. The van der Waals surface area contributed by atoms with Crippen LogP contribution in [0.2, 0.25) is 0 Å². The highest BCUT2D eigenvalue weighted by atomic mass is 16.5. The van der Waals surface area contributed by atoms with Gasteiger partial charge in [-0.15, -0.1) is 0 Å². The van der Waals surface area contributed by atoms with E-state index in [1.165, 1.54) is 5.56 Å². The minimum Gasteiger partial charge on any atom is -0.497 e. The standard InChI is InChI=1S/C21H23N3O3/c1-26-19-8-9-20(27-2)18(10-19)11-21(25)22-12-17-13-23-24(15-17)14-16-6-4-3-5-7-16/h3-10,13,15H,11-12,14H2,1-2H3,(H,22,25). The molecule has 0 spiro atoms. The quantitative estimate of drug-likeness (QED) is 0.667. The fourth-order valence-electron chi connectivity index (χ4n) is 2.81. The molecule has 0 bridgehead atoms. The topological polar surface area (TPSA) is 65.4 Å². The van der Waals surface area contributed by atoms with Crippen molar-refractivity contribution in [3.05, 3.63) is 77.6 Å². The average molecular weight is 365 g/mol. The molecule has 0 aliphatic carbocycles. The molecule has 0 radical (unpaired) electrons. The number of carbonyl (C=O) groups excluding carboxylic acids is 1. The van der Waals surface area contributed by atoms with Gasteiger partial charge in [0.05, 0.1) is 33.4 Å². The first kappa shape index (κ1) is 18.5. The van der Waals surface area contributed by atoms with Crippen LogP contribution in [0.25, 0.3) is 0 Å². The van der Waals surface area contributed by atoms with Crippen LogP contribution in [0, 0.1) is 0 Å². The number of nitrogens with one attached hydrogen (secondary N) is 1. The second-order valence-corrected chi connectivity index (χ2v) is 6.16. The van der Waals surface area contributed by atoms with Crippen molar-refractivity contribution in [3.8, 4) is 11.5 Å². The van der Waals surface area contributed by atoms with E-state index in [0.29, 0.717) is 24.6 Å². The summed E-state index contributed by atoms with van der Waals surface area (Å²) in [5.41, 5.74) is 2.92. The summed E-state index contributed by atoms with van der Waals surface area (Å²) in [6.07, 6.45) is 3.94. The van der Waals surface area contributed by atoms with Gasteiger partial charge in [-0.25, -0.2) is 0 Å². The van der Waals surface area contributed by atoms with Crippen LogP contribution >= 0.6 is 0 Å². The Morgan fingerprint density at radius 2 is 1.89 bits per heavy atom. The Balaban J connectivity index is 1.55. The van der Waals surface area contributed by atoms with Crippen molar-refractivity contribution in [2.45, 2.75) is 19.5 Å². The predicted molar refractivity (Wildman–Crippen MR) is 103 cm³/mol. The minimum atomic E-state index is -0.0858. The van der Waals surface area contributed by atoms with Gasteiger partial charge in [0.25, 0.3) is 0 Å². The summed E-state index contributed by atoms with van der Waals surface area (Å²) < 4.78 is 12.4. The van der Waals surface area contributed by atoms with Gasteiger partial charge in [-0.05, 0) is 23.8 Å². The van der Waals surface area contributed by atoms with E-state index in [1.54, 1.807) is 32.5 Å². The molecule has 0 aliphatic heterocycles. The van der Waals surface area contributed by atoms with Gasteiger partial charge in [-0.2, -0.15) is 5.10 Å². The zero-order chi connectivity index (χ0) is 19.1. The van der Waals surface area contributed by atoms with Crippen molar-refractivity contribution in [1.29, 1.82) is 0 Å². The van der Waals surface area contributed by atoms with E-state index in [4.69, 9.17) is 9.47 Å². The molecule has 6 heteroatoms. The number of hydrogen-bond donors (Lipinski definition) is 1. The molecule has 0 unspecified atom stereocenters. The lowest BCUT2D eigenvalue weighted by molar-refractivity contribution is -0.120. The first-order valence-corrected chi connectivity index (χ1v) is 8.71. The molecule has 0 aliphatic rings. The first-order valence-electron chi connectivity index (χ1n) is 8.71. The number of amides is 1. The highest BCUT2D eigenvalue weighted by Crippen LogP contribution is 2.24. The molecule has 0 saturated carbocycles. The van der Waals surface area contributed by atoms with Gasteiger partial charge >= 0.3 is 0 Å². The second kappa shape index (κ2) is 8.89. The molecule has 27 heavy (non-hydrogen) atoms. The Hall–Kier alpha value is -3.28. The van der Waals surface area contributed by atoms with Gasteiger partial charge in [-0.1, -0.05) is 30.3 Å². The van der Waals surface area contributed by atoms with Crippen molar-refractivity contribution in [2.24, 2.45) is 0 Å². The van der Waals surface area contributed by atoms with E-state index in [9.17, 15) is 4.79 Å². The first-order chi connectivity index (χ1) is 13.2. The molecule has 1 amide bonds. The molecule has 1 heterocycles. The van der Waals surface area contributed by atoms with Crippen molar-refractivity contribution in [3.63, 3.8) is 0 Å². The maximum Gasteiger partial charge on any atom is 0.224 e. The van der Waals surface area contributed by atoms with Gasteiger partial charge in [0.1, 0.15) is 11.5 Å². The lowest BCUT2D eigenvalue weighted by Gasteiger charge is -2.10. The van der Waals surface area contributed by atoms with Gasteiger partial charge in [-0.3, -0.25) is 9.48 Å². The van der Waals surface area contributed by atoms with E-state index >= 15 is 0 Å². The summed E-state index contributed by atoms with van der Waals surface area (Å²) in [4.78, 5) is 12.3. The summed E-state index contributed by atoms with van der Waals surface area (Å²) in [6, 6.07) is 15.5. The fraction of sp³-hybridized carbons (Fsp3) is 0.238. The number of benzene rings is 2. The molecular weight excluding hydrogens is 342 g/mol. The third-order valence-corrected chi connectivity index (χ3v) is 4.20. The predicted octanol–water partition coefficient (Wildman–Crippen LogP) is 2.81. The van der Waals surface area contributed by atoms with Crippen molar-refractivity contribution in [2.75, 3.05) is 14.2 Å². The Kier molecular flexibility index (Phi) is 6.10. The number of ether oxygens (including phenoxy) is 2. The Labute approximate surface area is 158 Å². The number of nitrogens with zero attached hydrogens (tertiary/aromatic N) is 2. The summed E-state index contributed by atoms with van der Waals surface area (Å²) in [7, 11) is 3.18. The number of rotatable bonds is 8. The number of methoxy groups -OCH3 is 2. The molecule has 3 aromatic rings. The molecule has 1 aromatic heterocycles. The molecule has 0 fully saturated rings. The highest BCUT2D eigenvalue weighted by molar-refractivity contribution is 5.79. The Morgan fingerprint density at radius 1 is 1.07 bits per heavy atom. The highest BCUT2D eigenvalue weighted by Gasteiger charge is 2.10. The molecular formula is C21H23N3O3. The third kappa shape index (κ3) is 5.10. The number of carbonyl (C=O) groups is 1. The molecule has 0 saturated heterocycles. The van der Waals surface area contributed by atoms with Crippen LogP contribution in [0.15, 0.2) is 60.9 Å². The van der Waals surface area contributed by atoms with Crippen molar-refractivity contribution >= 4 is 5.91 Å². The summed E-state index contributed by atoms with van der Waals surface area (Å²) in [5.74, 6) is 1.28. The maximum absolute atomic E-state index is 12.3. The molecule has 6 nitrogen and oxygen atoms in total. The largest absolute Gasteiger partial charge is 0.497 e. The molecule has 140 valence electrons. The van der Waals surface area contributed by atoms with Crippen LogP contribution in [0.3, 0.4) is 0 Å². The monoisotopic (exact) mass is 365 g/mol. The van der Waals surface area contributed by atoms with Crippen LogP contribution in [-0.4, -0.2) is 29.9 Å². The zero-order valence-electron chi connectivity index (χ0n) is 15.5. The summed E-state index contributed by atoms with van der Waals surface area (Å²) >= 11 is 0. The number of hydrogen-bond acceptors (Lipinski definition) is 4. The molecule has 2 aromatic carbocycles. The third-order valence-electron chi connectivity index (χ3n) is 4.20. The Morgan fingerprint density at radius 3 is 2.63 bits per heavy atom. The van der Waals surface area contributed by atoms with E-state index in [1.807, 2.05) is 35.1 Å². The van der Waals surface area contributed by atoms with Crippen LogP contribution in [-0.2, 0) is 24.3 Å². The minimum absolute atomic E-state index is 0.0858. The average Bonchev–Trinajstić information content (AvgIpc) is 3.14.